The van der Waals surface area contributed by atoms with E-state index in [9.17, 15) is 9.18 Å². The van der Waals surface area contributed by atoms with Crippen LogP contribution < -0.4 is 9.64 Å². The van der Waals surface area contributed by atoms with Crippen molar-refractivity contribution >= 4 is 11.7 Å². The molecule has 0 aliphatic carbocycles. The van der Waals surface area contributed by atoms with E-state index in [4.69, 9.17) is 4.74 Å². The number of nitrogens with zero attached hydrogens (tertiary/aromatic N) is 4. The summed E-state index contributed by atoms with van der Waals surface area (Å²) in [4.78, 5) is 16.4. The minimum absolute atomic E-state index is 0.0580. The molecule has 6 nitrogen and oxygen atoms in total. The standard InChI is InChI=1S/C23H23FN4O2/c1-30-21-9-5-3-7-18(21)20-10-11-22(26-25-20)27-12-14-28(15-13-27)23(29)16-17-6-2-4-8-19(17)24/h2-11H,12-16H2,1H3. The monoisotopic (exact) mass is 406 g/mol. The third-order valence-corrected chi connectivity index (χ3v) is 5.29. The lowest BCUT2D eigenvalue weighted by molar-refractivity contribution is -0.130. The maximum absolute atomic E-state index is 13.8. The Balaban J connectivity index is 1.37. The molecule has 0 saturated carbocycles. The first-order valence-corrected chi connectivity index (χ1v) is 9.89. The first-order valence-electron chi connectivity index (χ1n) is 9.89. The second-order valence-electron chi connectivity index (χ2n) is 7.11. The van der Waals surface area contributed by atoms with Gasteiger partial charge in [0.05, 0.1) is 19.2 Å². The first-order chi connectivity index (χ1) is 14.7. The molecule has 3 aromatic rings. The molecule has 1 fully saturated rings. The maximum atomic E-state index is 13.8. The molecule has 1 saturated heterocycles. The molecule has 0 bridgehead atoms. The number of carbonyl (C=O) groups is 1. The maximum Gasteiger partial charge on any atom is 0.227 e. The lowest BCUT2D eigenvalue weighted by Crippen LogP contribution is -2.49. The van der Waals surface area contributed by atoms with Crippen LogP contribution in [-0.4, -0.2) is 54.3 Å². The highest BCUT2D eigenvalue weighted by atomic mass is 19.1. The molecule has 2 aromatic carbocycles. The van der Waals surface area contributed by atoms with Gasteiger partial charge in [-0.25, -0.2) is 4.39 Å². The Labute approximate surface area is 174 Å². The number of methoxy groups -OCH3 is 1. The molecule has 4 rings (SSSR count). The molecule has 1 aliphatic rings. The van der Waals surface area contributed by atoms with Crippen molar-refractivity contribution in [1.82, 2.24) is 15.1 Å². The van der Waals surface area contributed by atoms with Crippen LogP contribution in [0, 0.1) is 5.82 Å². The molecule has 154 valence electrons. The van der Waals surface area contributed by atoms with Gasteiger partial charge in [0, 0.05) is 31.7 Å². The second-order valence-corrected chi connectivity index (χ2v) is 7.11. The predicted octanol–water partition coefficient (Wildman–Crippen LogP) is 3.18. The van der Waals surface area contributed by atoms with Crippen LogP contribution in [0.4, 0.5) is 10.2 Å². The number of halogens is 1. The van der Waals surface area contributed by atoms with E-state index >= 15 is 0 Å². The Hall–Kier alpha value is -3.48. The van der Waals surface area contributed by atoms with Crippen LogP contribution in [-0.2, 0) is 11.2 Å². The van der Waals surface area contributed by atoms with Crippen molar-refractivity contribution < 1.29 is 13.9 Å². The largest absolute Gasteiger partial charge is 0.496 e. The second kappa shape index (κ2) is 8.90. The molecule has 1 amide bonds. The summed E-state index contributed by atoms with van der Waals surface area (Å²) in [6.07, 6.45) is 0.0834. The van der Waals surface area contributed by atoms with Crippen molar-refractivity contribution in [2.75, 3.05) is 38.2 Å². The highest BCUT2D eigenvalue weighted by Gasteiger charge is 2.23. The normalized spacial score (nSPS) is 13.9. The summed E-state index contributed by atoms with van der Waals surface area (Å²) in [6.45, 7) is 2.46. The van der Waals surface area contributed by atoms with Gasteiger partial charge in [-0.1, -0.05) is 30.3 Å². The summed E-state index contributed by atoms with van der Waals surface area (Å²) in [5.41, 5.74) is 2.07. The SMILES string of the molecule is COc1ccccc1-c1ccc(N2CCN(C(=O)Cc3ccccc3F)CC2)nn1. The summed E-state index contributed by atoms with van der Waals surface area (Å²) >= 11 is 0. The zero-order valence-corrected chi connectivity index (χ0v) is 16.8. The average Bonchev–Trinajstić information content (AvgIpc) is 2.81. The Kier molecular flexibility index (Phi) is 5.88. The lowest BCUT2D eigenvalue weighted by Gasteiger charge is -2.35. The van der Waals surface area contributed by atoms with Crippen molar-refractivity contribution in [2.24, 2.45) is 0 Å². The van der Waals surface area contributed by atoms with Crippen LogP contribution in [0.2, 0.25) is 0 Å². The molecule has 7 heteroatoms. The average molecular weight is 406 g/mol. The first kappa shape index (κ1) is 19.8. The third kappa shape index (κ3) is 4.25. The zero-order valence-electron chi connectivity index (χ0n) is 16.8. The summed E-state index contributed by atoms with van der Waals surface area (Å²) < 4.78 is 19.2. The molecule has 0 N–H and O–H groups in total. The molecule has 1 aliphatic heterocycles. The number of benzene rings is 2. The van der Waals surface area contributed by atoms with Gasteiger partial charge in [0.1, 0.15) is 11.6 Å². The Morgan fingerprint density at radius 3 is 2.40 bits per heavy atom. The number of ether oxygens (including phenoxy) is 1. The summed E-state index contributed by atoms with van der Waals surface area (Å²) in [6, 6.07) is 18.0. The van der Waals surface area contributed by atoms with E-state index in [2.05, 4.69) is 15.1 Å². The molecular weight excluding hydrogens is 383 g/mol. The van der Waals surface area contributed by atoms with Gasteiger partial charge in [-0.3, -0.25) is 4.79 Å². The third-order valence-electron chi connectivity index (χ3n) is 5.29. The number of piperazine rings is 1. The molecule has 30 heavy (non-hydrogen) atoms. The molecule has 0 atom stereocenters. The highest BCUT2D eigenvalue weighted by Crippen LogP contribution is 2.28. The van der Waals surface area contributed by atoms with Gasteiger partial charge in [0.25, 0.3) is 0 Å². The molecule has 0 unspecified atom stereocenters. The van der Waals surface area contributed by atoms with Gasteiger partial charge >= 0.3 is 0 Å². The van der Waals surface area contributed by atoms with Crippen LogP contribution >= 0.6 is 0 Å². The van der Waals surface area contributed by atoms with E-state index in [0.29, 0.717) is 31.7 Å². The Morgan fingerprint density at radius 1 is 0.967 bits per heavy atom. The number of hydrogen-bond acceptors (Lipinski definition) is 5. The van der Waals surface area contributed by atoms with Gasteiger partial charge in [0.2, 0.25) is 5.91 Å². The van der Waals surface area contributed by atoms with E-state index in [1.54, 1.807) is 30.2 Å². The molecule has 2 heterocycles. The molecule has 0 spiro atoms. The van der Waals surface area contributed by atoms with Gasteiger partial charge in [-0.15, -0.1) is 10.2 Å². The van der Waals surface area contributed by atoms with Crippen LogP contribution in [0.3, 0.4) is 0 Å². The van der Waals surface area contributed by atoms with Crippen LogP contribution in [0.1, 0.15) is 5.56 Å². The molecular formula is C23H23FN4O2. The van der Waals surface area contributed by atoms with Gasteiger partial charge in [0.15, 0.2) is 5.82 Å². The Bertz CT molecular complexity index is 1020. The van der Waals surface area contributed by atoms with Crippen LogP contribution in [0.15, 0.2) is 60.7 Å². The van der Waals surface area contributed by atoms with Crippen molar-refractivity contribution in [3.8, 4) is 17.0 Å². The quantitative estimate of drug-likeness (QED) is 0.651. The minimum Gasteiger partial charge on any atom is -0.496 e. The molecule has 0 radical (unpaired) electrons. The smallest absolute Gasteiger partial charge is 0.227 e. The minimum atomic E-state index is -0.338. The van der Waals surface area contributed by atoms with Crippen molar-refractivity contribution in [2.45, 2.75) is 6.42 Å². The van der Waals surface area contributed by atoms with Gasteiger partial charge < -0.3 is 14.5 Å². The van der Waals surface area contributed by atoms with Gasteiger partial charge in [-0.05, 0) is 35.9 Å². The van der Waals surface area contributed by atoms with Crippen molar-refractivity contribution in [1.29, 1.82) is 0 Å². The zero-order chi connectivity index (χ0) is 20.9. The van der Waals surface area contributed by atoms with E-state index in [-0.39, 0.29) is 18.1 Å². The van der Waals surface area contributed by atoms with E-state index in [1.807, 2.05) is 36.4 Å². The summed E-state index contributed by atoms with van der Waals surface area (Å²) in [7, 11) is 1.63. The fraction of sp³-hybridized carbons (Fsp3) is 0.261. The number of rotatable bonds is 5. The topological polar surface area (TPSA) is 58.6 Å². The lowest BCUT2D eigenvalue weighted by atomic mass is 10.1. The fourth-order valence-corrected chi connectivity index (χ4v) is 3.60. The summed E-state index contributed by atoms with van der Waals surface area (Å²) in [5, 5.41) is 8.73. The highest BCUT2D eigenvalue weighted by molar-refractivity contribution is 5.79. The number of amides is 1. The predicted molar refractivity (Wildman–Crippen MR) is 113 cm³/mol. The van der Waals surface area contributed by atoms with E-state index in [0.717, 1.165) is 22.8 Å². The van der Waals surface area contributed by atoms with Gasteiger partial charge in [-0.2, -0.15) is 0 Å². The number of para-hydroxylation sites is 1. The van der Waals surface area contributed by atoms with E-state index in [1.165, 1.54) is 6.07 Å². The van der Waals surface area contributed by atoms with Crippen LogP contribution in [0.25, 0.3) is 11.3 Å². The summed E-state index contributed by atoms with van der Waals surface area (Å²) in [5.74, 6) is 1.13. The molecule has 1 aromatic heterocycles. The number of anilines is 1. The fourth-order valence-electron chi connectivity index (χ4n) is 3.60. The van der Waals surface area contributed by atoms with Crippen molar-refractivity contribution in [3.63, 3.8) is 0 Å². The number of hydrogen-bond donors (Lipinski definition) is 0. The number of carbonyl (C=O) groups excluding carboxylic acids is 1. The van der Waals surface area contributed by atoms with Crippen molar-refractivity contribution in [3.05, 3.63) is 72.0 Å². The van der Waals surface area contributed by atoms with E-state index < -0.39 is 0 Å². The van der Waals surface area contributed by atoms with Crippen LogP contribution in [0.5, 0.6) is 5.75 Å². The Morgan fingerprint density at radius 2 is 1.70 bits per heavy atom. The number of aromatic nitrogens is 2.